The number of carbonyl (C=O) groups excluding carboxylic acids is 2. The van der Waals surface area contributed by atoms with Crippen molar-refractivity contribution in [1.82, 2.24) is 20.2 Å². The van der Waals surface area contributed by atoms with Crippen molar-refractivity contribution in [2.24, 2.45) is 0 Å². The fourth-order valence-corrected chi connectivity index (χ4v) is 6.65. The standard InChI is InChI=1S/C26H32F3N5O3S/c1-14-11-18(33-25(9-4-10-25)26(27,28)29)30-12-17(14)20-19(23(36)34-15-5-6-16(34)8-7-15)32-22(38-20)21(35)31-13-24(2,3)37/h11-12,15-16,37H,4-10,13H2,1-3H3,(H,30,33)(H,31,35). The third kappa shape index (κ3) is 4.88. The van der Waals surface area contributed by atoms with E-state index in [0.717, 1.165) is 37.0 Å². The molecular weight excluding hydrogens is 519 g/mol. The Morgan fingerprint density at radius 1 is 1.18 bits per heavy atom. The van der Waals surface area contributed by atoms with E-state index in [1.54, 1.807) is 26.8 Å². The van der Waals surface area contributed by atoms with Gasteiger partial charge in [0.2, 0.25) is 0 Å². The van der Waals surface area contributed by atoms with Crippen LogP contribution < -0.4 is 10.6 Å². The van der Waals surface area contributed by atoms with Crippen LogP contribution in [0.15, 0.2) is 12.3 Å². The predicted molar refractivity (Wildman–Crippen MR) is 137 cm³/mol. The minimum Gasteiger partial charge on any atom is -0.389 e. The Hall–Kier alpha value is -2.73. The number of nitrogens with zero attached hydrogens (tertiary/aromatic N) is 3. The molecule has 2 saturated heterocycles. The first kappa shape index (κ1) is 26.9. The van der Waals surface area contributed by atoms with E-state index in [9.17, 15) is 27.9 Å². The number of alkyl halides is 3. The normalized spacial score (nSPS) is 22.3. The second kappa shape index (κ2) is 9.48. The van der Waals surface area contributed by atoms with E-state index in [0.29, 0.717) is 22.4 Å². The first-order chi connectivity index (χ1) is 17.8. The van der Waals surface area contributed by atoms with Gasteiger partial charge in [-0.3, -0.25) is 9.59 Å². The molecule has 3 fully saturated rings. The number of anilines is 1. The predicted octanol–water partition coefficient (Wildman–Crippen LogP) is 4.68. The Morgan fingerprint density at radius 2 is 1.82 bits per heavy atom. The third-order valence-corrected chi connectivity index (χ3v) is 8.95. The molecule has 2 amide bonds. The monoisotopic (exact) mass is 551 g/mol. The smallest absolute Gasteiger partial charge is 0.389 e. The molecule has 2 aromatic heterocycles. The summed E-state index contributed by atoms with van der Waals surface area (Å²) in [5.74, 6) is -0.640. The van der Waals surface area contributed by atoms with Crippen LogP contribution >= 0.6 is 11.3 Å². The Kier molecular flexibility index (Phi) is 6.70. The molecule has 8 nitrogen and oxygen atoms in total. The van der Waals surface area contributed by atoms with Gasteiger partial charge in [0.15, 0.2) is 5.01 Å². The quantitative estimate of drug-likeness (QED) is 0.462. The van der Waals surface area contributed by atoms with E-state index in [-0.39, 0.29) is 53.9 Å². The van der Waals surface area contributed by atoms with Gasteiger partial charge in [0.05, 0.1) is 10.5 Å². The fraction of sp³-hybridized carbons (Fsp3) is 0.615. The lowest BCUT2D eigenvalue weighted by Gasteiger charge is -2.44. The van der Waals surface area contributed by atoms with E-state index in [4.69, 9.17) is 0 Å². The number of halogens is 3. The van der Waals surface area contributed by atoms with Crippen molar-refractivity contribution in [2.45, 2.75) is 95.1 Å². The van der Waals surface area contributed by atoms with Crippen LogP contribution in [-0.4, -0.2) is 67.7 Å². The molecule has 0 spiro atoms. The van der Waals surface area contributed by atoms with E-state index in [1.165, 1.54) is 6.20 Å². The van der Waals surface area contributed by atoms with Gasteiger partial charge in [-0.25, -0.2) is 9.97 Å². The van der Waals surface area contributed by atoms with Gasteiger partial charge in [-0.05, 0) is 77.3 Å². The van der Waals surface area contributed by atoms with Crippen LogP contribution in [0.1, 0.15) is 84.6 Å². The molecule has 0 atom stereocenters. The fourth-order valence-electron chi connectivity index (χ4n) is 5.60. The number of thiazole rings is 1. The molecule has 38 heavy (non-hydrogen) atoms. The molecule has 206 valence electrons. The number of hydrogen-bond donors (Lipinski definition) is 3. The van der Waals surface area contributed by atoms with Crippen LogP contribution in [-0.2, 0) is 0 Å². The number of fused-ring (bicyclic) bond motifs is 2. The Bertz CT molecular complexity index is 1230. The molecular formula is C26H32F3N5O3S. The van der Waals surface area contributed by atoms with Gasteiger partial charge in [0, 0.05) is 30.4 Å². The largest absolute Gasteiger partial charge is 0.411 e. The number of aromatic nitrogens is 2. The van der Waals surface area contributed by atoms with Gasteiger partial charge in [0.1, 0.15) is 17.1 Å². The van der Waals surface area contributed by atoms with Gasteiger partial charge >= 0.3 is 6.18 Å². The molecule has 5 rings (SSSR count). The first-order valence-electron chi connectivity index (χ1n) is 12.9. The van der Waals surface area contributed by atoms with Crippen LogP contribution in [0.5, 0.6) is 0 Å². The SMILES string of the molecule is Cc1cc(NC2(C(F)(F)F)CCC2)ncc1-c1sc(C(=O)NCC(C)(C)O)nc1C(=O)N1C2CCC1CC2. The van der Waals surface area contributed by atoms with Crippen LogP contribution in [0, 0.1) is 6.92 Å². The van der Waals surface area contributed by atoms with Crippen LogP contribution in [0.4, 0.5) is 19.0 Å². The van der Waals surface area contributed by atoms with Crippen molar-refractivity contribution in [3.63, 3.8) is 0 Å². The maximum Gasteiger partial charge on any atom is 0.411 e. The van der Waals surface area contributed by atoms with E-state index in [2.05, 4.69) is 20.6 Å². The summed E-state index contributed by atoms with van der Waals surface area (Å²) in [6.45, 7) is 4.87. The van der Waals surface area contributed by atoms with E-state index in [1.807, 2.05) is 4.90 Å². The molecule has 1 saturated carbocycles. The molecule has 4 heterocycles. The lowest BCUT2D eigenvalue weighted by molar-refractivity contribution is -0.198. The summed E-state index contributed by atoms with van der Waals surface area (Å²) in [6.07, 6.45) is 1.30. The van der Waals surface area contributed by atoms with Gasteiger partial charge in [-0.2, -0.15) is 13.2 Å². The van der Waals surface area contributed by atoms with Crippen molar-refractivity contribution in [3.8, 4) is 10.4 Å². The Balaban J connectivity index is 1.48. The molecule has 3 N–H and O–H groups in total. The summed E-state index contributed by atoms with van der Waals surface area (Å²) >= 11 is 1.04. The van der Waals surface area contributed by atoms with Crippen molar-refractivity contribution in [2.75, 3.05) is 11.9 Å². The molecule has 1 aliphatic carbocycles. The highest BCUT2D eigenvalue weighted by Gasteiger charge is 2.58. The zero-order chi connectivity index (χ0) is 27.5. The highest BCUT2D eigenvalue weighted by molar-refractivity contribution is 7.17. The van der Waals surface area contributed by atoms with Gasteiger partial charge < -0.3 is 20.6 Å². The second-order valence-electron chi connectivity index (χ2n) is 11.3. The number of aliphatic hydroxyl groups is 1. The molecule has 0 radical (unpaired) electrons. The maximum atomic E-state index is 13.7. The number of pyridine rings is 1. The third-order valence-electron chi connectivity index (χ3n) is 7.87. The summed E-state index contributed by atoms with van der Waals surface area (Å²) < 4.78 is 41.0. The van der Waals surface area contributed by atoms with Crippen LogP contribution in [0.25, 0.3) is 10.4 Å². The van der Waals surface area contributed by atoms with Gasteiger partial charge in [-0.15, -0.1) is 11.3 Å². The summed E-state index contributed by atoms with van der Waals surface area (Å²) in [5.41, 5.74) is -1.79. The highest BCUT2D eigenvalue weighted by atomic mass is 32.1. The van der Waals surface area contributed by atoms with Gasteiger partial charge in [-0.1, -0.05) is 0 Å². The molecule has 0 unspecified atom stereocenters. The number of amides is 2. The topological polar surface area (TPSA) is 107 Å². The van der Waals surface area contributed by atoms with Gasteiger partial charge in [0.25, 0.3) is 11.8 Å². The van der Waals surface area contributed by atoms with Crippen molar-refractivity contribution in [3.05, 3.63) is 28.5 Å². The number of aryl methyl sites for hydroxylation is 1. The highest BCUT2D eigenvalue weighted by Crippen LogP contribution is 2.47. The zero-order valence-electron chi connectivity index (χ0n) is 21.6. The molecule has 2 aliphatic heterocycles. The summed E-state index contributed by atoms with van der Waals surface area (Å²) in [4.78, 5) is 37.6. The van der Waals surface area contributed by atoms with Crippen LogP contribution in [0.3, 0.4) is 0 Å². The molecule has 3 aliphatic rings. The number of hydrogen-bond acceptors (Lipinski definition) is 7. The lowest BCUT2D eigenvalue weighted by atomic mass is 9.76. The van der Waals surface area contributed by atoms with Crippen molar-refractivity contribution >= 4 is 29.0 Å². The number of carbonyl (C=O) groups is 2. The van der Waals surface area contributed by atoms with E-state index >= 15 is 0 Å². The average Bonchev–Trinajstić information content (AvgIpc) is 3.52. The average molecular weight is 552 g/mol. The number of rotatable bonds is 7. The maximum absolute atomic E-state index is 13.7. The minimum atomic E-state index is -4.39. The summed E-state index contributed by atoms with van der Waals surface area (Å²) in [7, 11) is 0. The van der Waals surface area contributed by atoms with Crippen molar-refractivity contribution < 1.29 is 27.9 Å². The zero-order valence-corrected chi connectivity index (χ0v) is 22.4. The molecule has 2 bridgehead atoms. The summed E-state index contributed by atoms with van der Waals surface area (Å²) in [5, 5.41) is 15.3. The Morgan fingerprint density at radius 3 is 2.32 bits per heavy atom. The lowest BCUT2D eigenvalue weighted by Crippen LogP contribution is -2.57. The van der Waals surface area contributed by atoms with Crippen molar-refractivity contribution in [1.29, 1.82) is 0 Å². The second-order valence-corrected chi connectivity index (χ2v) is 12.3. The minimum absolute atomic E-state index is 0.00219. The molecule has 12 heteroatoms. The van der Waals surface area contributed by atoms with E-state index < -0.39 is 23.2 Å². The number of nitrogens with one attached hydrogen (secondary N) is 2. The molecule has 0 aromatic carbocycles. The first-order valence-corrected chi connectivity index (χ1v) is 13.8. The summed E-state index contributed by atoms with van der Waals surface area (Å²) in [6, 6.07) is 1.85. The van der Waals surface area contributed by atoms with Crippen LogP contribution in [0.2, 0.25) is 0 Å². The Labute approximate surface area is 223 Å². The molecule has 2 aromatic rings.